The summed E-state index contributed by atoms with van der Waals surface area (Å²) in [5.74, 6) is 1.50. The van der Waals surface area contributed by atoms with Crippen molar-refractivity contribution >= 4 is 5.97 Å². The smallest absolute Gasteiger partial charge is 0.357 e. The molecule has 1 heterocycles. The number of hydrogen-bond acceptors (Lipinski definition) is 3. The van der Waals surface area contributed by atoms with Crippen LogP contribution in [0.25, 0.3) is 0 Å². The molecule has 0 amide bonds. The highest BCUT2D eigenvalue weighted by Gasteiger charge is 2.42. The number of aromatic carboxylic acids is 1. The molecule has 3 unspecified atom stereocenters. The topological polar surface area (TPSA) is 63.3 Å². The van der Waals surface area contributed by atoms with Crippen LogP contribution in [0.5, 0.6) is 0 Å². The van der Waals surface area contributed by atoms with Gasteiger partial charge in [-0.2, -0.15) is 0 Å². The highest BCUT2D eigenvalue weighted by molar-refractivity contribution is 5.84. The van der Waals surface area contributed by atoms with E-state index in [9.17, 15) is 4.79 Å². The van der Waals surface area contributed by atoms with Gasteiger partial charge in [0.25, 0.3) is 0 Å². The van der Waals surface area contributed by atoms with E-state index in [1.807, 2.05) is 0 Å². The first kappa shape index (κ1) is 8.95. The van der Waals surface area contributed by atoms with Crippen molar-refractivity contribution in [2.75, 3.05) is 0 Å². The Morgan fingerprint density at radius 3 is 2.87 bits per heavy atom. The van der Waals surface area contributed by atoms with Gasteiger partial charge in [0.05, 0.1) is 0 Å². The molecule has 1 aromatic rings. The molecular formula is C11H13NO3. The fraction of sp³-hybridized carbons (Fsp3) is 0.636. The Kier molecular flexibility index (Phi) is 1.84. The van der Waals surface area contributed by atoms with E-state index in [1.165, 1.54) is 25.5 Å². The average molecular weight is 207 g/mol. The largest absolute Gasteiger partial charge is 0.476 e. The quantitative estimate of drug-likeness (QED) is 0.808. The molecule has 0 aromatic carbocycles. The van der Waals surface area contributed by atoms with E-state index >= 15 is 0 Å². The fourth-order valence-electron chi connectivity index (χ4n) is 3.10. The normalized spacial score (nSPS) is 33.5. The zero-order valence-electron chi connectivity index (χ0n) is 8.35. The Hall–Kier alpha value is -1.32. The summed E-state index contributed by atoms with van der Waals surface area (Å²) in [6, 6.07) is 0. The van der Waals surface area contributed by atoms with Gasteiger partial charge < -0.3 is 9.52 Å². The molecule has 3 atom stereocenters. The number of nitrogens with zero attached hydrogens (tertiary/aromatic N) is 1. The third kappa shape index (κ3) is 1.35. The molecule has 80 valence electrons. The molecule has 2 bridgehead atoms. The highest BCUT2D eigenvalue weighted by atomic mass is 16.4. The first-order valence-corrected chi connectivity index (χ1v) is 5.42. The predicted molar refractivity (Wildman–Crippen MR) is 51.7 cm³/mol. The molecule has 0 spiro atoms. The number of carbonyl (C=O) groups is 1. The van der Waals surface area contributed by atoms with Crippen LogP contribution in [0, 0.1) is 11.8 Å². The van der Waals surface area contributed by atoms with Crippen LogP contribution >= 0.6 is 0 Å². The zero-order chi connectivity index (χ0) is 10.4. The zero-order valence-corrected chi connectivity index (χ0v) is 8.35. The lowest BCUT2D eigenvalue weighted by atomic mass is 9.89. The van der Waals surface area contributed by atoms with Gasteiger partial charge in [-0.1, -0.05) is 6.42 Å². The average Bonchev–Trinajstić information content (AvgIpc) is 2.93. The summed E-state index contributed by atoms with van der Waals surface area (Å²) in [5, 5.41) is 8.75. The van der Waals surface area contributed by atoms with Crippen molar-refractivity contribution in [3.63, 3.8) is 0 Å². The van der Waals surface area contributed by atoms with Gasteiger partial charge in [-0.15, -0.1) is 0 Å². The SMILES string of the molecule is O=C(O)c1coc(C2CC3CCC2C3)n1. The second-order valence-electron chi connectivity index (χ2n) is 4.66. The van der Waals surface area contributed by atoms with Gasteiger partial charge in [0.15, 0.2) is 11.6 Å². The van der Waals surface area contributed by atoms with E-state index < -0.39 is 5.97 Å². The molecule has 2 fully saturated rings. The maximum Gasteiger partial charge on any atom is 0.357 e. The van der Waals surface area contributed by atoms with Crippen LogP contribution in [0.1, 0.15) is 48.0 Å². The summed E-state index contributed by atoms with van der Waals surface area (Å²) >= 11 is 0. The molecule has 0 saturated heterocycles. The standard InChI is InChI=1S/C11H13NO3/c13-11(14)9-5-15-10(12-9)8-4-6-1-2-7(8)3-6/h5-8H,1-4H2,(H,13,14). The van der Waals surface area contributed by atoms with E-state index in [1.54, 1.807) is 0 Å². The number of rotatable bonds is 2. The summed E-state index contributed by atoms with van der Waals surface area (Å²) in [5.41, 5.74) is 0.0350. The van der Waals surface area contributed by atoms with E-state index in [0.717, 1.165) is 12.3 Å². The van der Waals surface area contributed by atoms with Crippen molar-refractivity contribution in [1.29, 1.82) is 0 Å². The molecule has 0 aliphatic heterocycles. The van der Waals surface area contributed by atoms with Gasteiger partial charge in [0.2, 0.25) is 0 Å². The number of hydrogen-bond donors (Lipinski definition) is 1. The number of oxazole rings is 1. The summed E-state index contributed by atoms with van der Waals surface area (Å²) < 4.78 is 5.27. The predicted octanol–water partition coefficient (Wildman–Crippen LogP) is 2.28. The second-order valence-corrected chi connectivity index (χ2v) is 4.66. The molecule has 4 heteroatoms. The van der Waals surface area contributed by atoms with Gasteiger partial charge in [-0.25, -0.2) is 9.78 Å². The van der Waals surface area contributed by atoms with Crippen LogP contribution in [0.3, 0.4) is 0 Å². The summed E-state index contributed by atoms with van der Waals surface area (Å²) in [6.45, 7) is 0. The molecule has 4 nitrogen and oxygen atoms in total. The van der Waals surface area contributed by atoms with Crippen LogP contribution in [-0.2, 0) is 0 Å². The van der Waals surface area contributed by atoms with Gasteiger partial charge in [-0.3, -0.25) is 0 Å². The molecule has 2 aliphatic carbocycles. The first-order valence-electron chi connectivity index (χ1n) is 5.42. The van der Waals surface area contributed by atoms with Crippen molar-refractivity contribution in [2.45, 2.75) is 31.6 Å². The maximum atomic E-state index is 10.7. The van der Waals surface area contributed by atoms with Gasteiger partial charge in [0, 0.05) is 5.92 Å². The minimum absolute atomic E-state index is 0.0350. The Balaban J connectivity index is 1.84. The molecule has 2 aliphatic rings. The number of carboxylic acids is 1. The summed E-state index contributed by atoms with van der Waals surface area (Å²) in [7, 11) is 0. The third-order valence-electron chi connectivity index (χ3n) is 3.80. The minimum atomic E-state index is -1.01. The molecule has 0 radical (unpaired) electrons. The Bertz CT molecular complexity index is 398. The summed E-state index contributed by atoms with van der Waals surface area (Å²) in [4.78, 5) is 14.7. The van der Waals surface area contributed by atoms with Gasteiger partial charge >= 0.3 is 5.97 Å². The lowest BCUT2D eigenvalue weighted by Crippen LogP contribution is -2.09. The van der Waals surface area contributed by atoms with Gasteiger partial charge in [0.1, 0.15) is 6.26 Å². The van der Waals surface area contributed by atoms with Crippen LogP contribution < -0.4 is 0 Å². The molecule has 2 saturated carbocycles. The maximum absolute atomic E-state index is 10.7. The molecule has 1 aromatic heterocycles. The Morgan fingerprint density at radius 1 is 1.47 bits per heavy atom. The van der Waals surface area contributed by atoms with Crippen molar-refractivity contribution in [3.8, 4) is 0 Å². The first-order chi connectivity index (χ1) is 7.24. The van der Waals surface area contributed by atoms with E-state index in [2.05, 4.69) is 4.98 Å². The minimum Gasteiger partial charge on any atom is -0.476 e. The monoisotopic (exact) mass is 207 g/mol. The van der Waals surface area contributed by atoms with E-state index in [-0.39, 0.29) is 5.69 Å². The van der Waals surface area contributed by atoms with Crippen molar-refractivity contribution < 1.29 is 14.3 Å². The Labute approximate surface area is 87.3 Å². The molecule has 3 rings (SSSR count). The number of aromatic nitrogens is 1. The van der Waals surface area contributed by atoms with Crippen LogP contribution in [0.2, 0.25) is 0 Å². The molecule has 15 heavy (non-hydrogen) atoms. The van der Waals surface area contributed by atoms with Crippen LogP contribution in [0.4, 0.5) is 0 Å². The lowest BCUT2D eigenvalue weighted by Gasteiger charge is -2.17. The fourth-order valence-corrected chi connectivity index (χ4v) is 3.10. The van der Waals surface area contributed by atoms with Crippen molar-refractivity contribution in [3.05, 3.63) is 17.8 Å². The van der Waals surface area contributed by atoms with Crippen LogP contribution in [-0.4, -0.2) is 16.1 Å². The van der Waals surface area contributed by atoms with E-state index in [4.69, 9.17) is 9.52 Å². The highest BCUT2D eigenvalue weighted by Crippen LogP contribution is 2.52. The third-order valence-corrected chi connectivity index (χ3v) is 3.80. The molecule has 1 N–H and O–H groups in total. The molecular weight excluding hydrogens is 194 g/mol. The van der Waals surface area contributed by atoms with E-state index in [0.29, 0.717) is 17.7 Å². The van der Waals surface area contributed by atoms with Crippen LogP contribution in [0.15, 0.2) is 10.7 Å². The van der Waals surface area contributed by atoms with Gasteiger partial charge in [-0.05, 0) is 31.1 Å². The van der Waals surface area contributed by atoms with Crippen molar-refractivity contribution in [1.82, 2.24) is 4.98 Å². The lowest BCUT2D eigenvalue weighted by molar-refractivity contribution is 0.0690. The second kappa shape index (κ2) is 3.08. The Morgan fingerprint density at radius 2 is 2.33 bits per heavy atom. The summed E-state index contributed by atoms with van der Waals surface area (Å²) in [6.07, 6.45) is 6.23. The number of carboxylic acid groups (broad SMARTS) is 1. The number of fused-ring (bicyclic) bond motifs is 2. The van der Waals surface area contributed by atoms with Crippen molar-refractivity contribution in [2.24, 2.45) is 11.8 Å².